The lowest BCUT2D eigenvalue weighted by molar-refractivity contribution is 0.198. The molecule has 3 rings (SSSR count). The van der Waals surface area contributed by atoms with Crippen LogP contribution in [0, 0.1) is 21.9 Å². The van der Waals surface area contributed by atoms with Gasteiger partial charge in [-0.3, -0.25) is 0 Å². The molecule has 0 unspecified atom stereocenters. The fraction of sp³-hybridized carbons (Fsp3) is 0.588. The summed E-state index contributed by atoms with van der Waals surface area (Å²) in [6, 6.07) is 5.21. The van der Waals surface area contributed by atoms with Gasteiger partial charge < -0.3 is 9.55 Å². The van der Waals surface area contributed by atoms with Crippen LogP contribution in [0.15, 0.2) is 18.2 Å². The molecule has 0 saturated heterocycles. The number of nitrogens with zero attached hydrogens (tertiary/aromatic N) is 1. The summed E-state index contributed by atoms with van der Waals surface area (Å²) in [7, 11) is 0. The fourth-order valence-electron chi connectivity index (χ4n) is 4.06. The van der Waals surface area contributed by atoms with Gasteiger partial charge in [0.25, 0.3) is 0 Å². The van der Waals surface area contributed by atoms with E-state index in [0.717, 1.165) is 12.1 Å². The highest BCUT2D eigenvalue weighted by Crippen LogP contribution is 2.45. The summed E-state index contributed by atoms with van der Waals surface area (Å²) in [4.78, 5) is 3.04. The van der Waals surface area contributed by atoms with Gasteiger partial charge in [0.15, 0.2) is 4.77 Å². The Hall–Kier alpha value is -1.16. The number of imidazole rings is 1. The SMILES string of the molecule is CC(C)CC1(Cn2c(=S)[nH]c3c(F)cccc32)CCCC1. The molecule has 1 aromatic carbocycles. The molecule has 0 radical (unpaired) electrons. The van der Waals surface area contributed by atoms with Crippen molar-refractivity contribution >= 4 is 23.3 Å². The molecule has 1 aliphatic carbocycles. The number of benzene rings is 1. The number of rotatable bonds is 4. The molecule has 1 saturated carbocycles. The first-order valence-corrected chi connectivity index (χ1v) is 8.29. The van der Waals surface area contributed by atoms with Gasteiger partial charge in [-0.05, 0) is 54.9 Å². The molecule has 1 fully saturated rings. The highest BCUT2D eigenvalue weighted by Gasteiger charge is 2.35. The standard InChI is InChI=1S/C17H23FN2S/c1-12(2)10-17(8-3-4-9-17)11-20-14-7-5-6-13(18)15(14)19-16(20)21/h5-7,12H,3-4,8-11H2,1-2H3,(H,19,21). The molecule has 114 valence electrons. The van der Waals surface area contributed by atoms with Gasteiger partial charge in [0.1, 0.15) is 11.3 Å². The number of aromatic amines is 1. The Bertz CT molecular complexity index is 692. The van der Waals surface area contributed by atoms with Crippen LogP contribution in [0.1, 0.15) is 46.0 Å². The van der Waals surface area contributed by atoms with E-state index >= 15 is 0 Å². The van der Waals surface area contributed by atoms with Crippen molar-refractivity contribution in [3.8, 4) is 0 Å². The van der Waals surface area contributed by atoms with Crippen molar-refractivity contribution in [3.63, 3.8) is 0 Å². The molecule has 2 aromatic rings. The maximum Gasteiger partial charge on any atom is 0.178 e. The Morgan fingerprint density at radius 2 is 2.05 bits per heavy atom. The largest absolute Gasteiger partial charge is 0.328 e. The third kappa shape index (κ3) is 2.78. The summed E-state index contributed by atoms with van der Waals surface area (Å²) in [6.07, 6.45) is 6.34. The van der Waals surface area contributed by atoms with E-state index in [0.29, 0.717) is 21.6 Å². The predicted molar refractivity (Wildman–Crippen MR) is 87.4 cm³/mol. The maximum atomic E-state index is 13.9. The molecule has 1 heterocycles. The molecule has 1 aromatic heterocycles. The summed E-state index contributed by atoms with van der Waals surface area (Å²) in [6.45, 7) is 5.48. The molecule has 0 amide bonds. The highest BCUT2D eigenvalue weighted by atomic mass is 32.1. The second kappa shape index (κ2) is 5.56. The normalized spacial score (nSPS) is 17.9. The quantitative estimate of drug-likeness (QED) is 0.745. The molecule has 4 heteroatoms. The van der Waals surface area contributed by atoms with E-state index in [-0.39, 0.29) is 5.82 Å². The van der Waals surface area contributed by atoms with Crippen molar-refractivity contribution in [2.75, 3.05) is 0 Å². The Balaban J connectivity index is 2.02. The van der Waals surface area contributed by atoms with Crippen LogP contribution in [-0.4, -0.2) is 9.55 Å². The lowest BCUT2D eigenvalue weighted by Crippen LogP contribution is -2.25. The van der Waals surface area contributed by atoms with Gasteiger partial charge in [0, 0.05) is 6.54 Å². The molecule has 21 heavy (non-hydrogen) atoms. The minimum atomic E-state index is -0.221. The monoisotopic (exact) mass is 306 g/mol. The van der Waals surface area contributed by atoms with Crippen LogP contribution in [0.5, 0.6) is 0 Å². The molecule has 0 atom stereocenters. The molecular weight excluding hydrogens is 283 g/mol. The highest BCUT2D eigenvalue weighted by molar-refractivity contribution is 7.71. The number of para-hydroxylation sites is 1. The van der Waals surface area contributed by atoms with Gasteiger partial charge in [-0.1, -0.05) is 32.8 Å². The van der Waals surface area contributed by atoms with Crippen molar-refractivity contribution < 1.29 is 4.39 Å². The van der Waals surface area contributed by atoms with Crippen LogP contribution in [0.3, 0.4) is 0 Å². The van der Waals surface area contributed by atoms with E-state index in [9.17, 15) is 4.39 Å². The molecule has 2 nitrogen and oxygen atoms in total. The van der Waals surface area contributed by atoms with Crippen LogP contribution in [0.25, 0.3) is 11.0 Å². The van der Waals surface area contributed by atoms with Crippen molar-refractivity contribution in [1.82, 2.24) is 9.55 Å². The number of nitrogens with one attached hydrogen (secondary N) is 1. The van der Waals surface area contributed by atoms with Crippen molar-refractivity contribution in [2.24, 2.45) is 11.3 Å². The van der Waals surface area contributed by atoms with Gasteiger partial charge in [0.05, 0.1) is 5.52 Å². The third-order valence-electron chi connectivity index (χ3n) is 4.76. The van der Waals surface area contributed by atoms with Crippen LogP contribution >= 0.6 is 12.2 Å². The average molecular weight is 306 g/mol. The van der Waals surface area contributed by atoms with Gasteiger partial charge in [-0.2, -0.15) is 0 Å². The zero-order valence-corrected chi connectivity index (χ0v) is 13.6. The average Bonchev–Trinajstić information content (AvgIpc) is 2.97. The Labute approximate surface area is 130 Å². The lowest BCUT2D eigenvalue weighted by atomic mass is 9.78. The number of fused-ring (bicyclic) bond motifs is 1. The topological polar surface area (TPSA) is 20.7 Å². The summed E-state index contributed by atoms with van der Waals surface area (Å²) in [5.41, 5.74) is 1.77. The first kappa shape index (κ1) is 14.8. The Morgan fingerprint density at radius 1 is 1.33 bits per heavy atom. The predicted octanol–water partition coefficient (Wildman–Crippen LogP) is 5.44. The van der Waals surface area contributed by atoms with E-state index in [4.69, 9.17) is 12.2 Å². The fourth-order valence-corrected chi connectivity index (χ4v) is 4.32. The number of H-pyrrole nitrogens is 1. The number of hydrogen-bond acceptors (Lipinski definition) is 1. The van der Waals surface area contributed by atoms with Gasteiger partial charge in [0.2, 0.25) is 0 Å². The van der Waals surface area contributed by atoms with Crippen molar-refractivity contribution in [3.05, 3.63) is 28.8 Å². The summed E-state index contributed by atoms with van der Waals surface area (Å²) >= 11 is 5.45. The van der Waals surface area contributed by atoms with Crippen molar-refractivity contribution in [1.29, 1.82) is 0 Å². The maximum absolute atomic E-state index is 13.9. The van der Waals surface area contributed by atoms with E-state index in [2.05, 4.69) is 23.4 Å². The summed E-state index contributed by atoms with van der Waals surface area (Å²) in [5.74, 6) is 0.459. The zero-order chi connectivity index (χ0) is 15.0. The first-order chi connectivity index (χ1) is 10.0. The van der Waals surface area contributed by atoms with E-state index in [1.165, 1.54) is 38.2 Å². The van der Waals surface area contributed by atoms with Gasteiger partial charge in [-0.15, -0.1) is 0 Å². The first-order valence-electron chi connectivity index (χ1n) is 7.88. The minimum absolute atomic E-state index is 0.221. The molecule has 1 N–H and O–H groups in total. The molecule has 0 bridgehead atoms. The van der Waals surface area contributed by atoms with Crippen molar-refractivity contribution in [2.45, 2.75) is 52.5 Å². The number of halogens is 1. The van der Waals surface area contributed by atoms with Crippen LogP contribution < -0.4 is 0 Å². The van der Waals surface area contributed by atoms with Gasteiger partial charge in [-0.25, -0.2) is 4.39 Å². The Kier molecular flexibility index (Phi) is 3.91. The van der Waals surface area contributed by atoms with Crippen LogP contribution in [-0.2, 0) is 6.54 Å². The van der Waals surface area contributed by atoms with Gasteiger partial charge >= 0.3 is 0 Å². The number of aromatic nitrogens is 2. The summed E-state index contributed by atoms with van der Waals surface area (Å²) < 4.78 is 16.7. The second-order valence-corrected chi connectivity index (χ2v) is 7.34. The zero-order valence-electron chi connectivity index (χ0n) is 12.8. The number of hydrogen-bond donors (Lipinski definition) is 1. The van der Waals surface area contributed by atoms with E-state index in [1.54, 1.807) is 6.07 Å². The van der Waals surface area contributed by atoms with E-state index < -0.39 is 0 Å². The second-order valence-electron chi connectivity index (χ2n) is 6.96. The van der Waals surface area contributed by atoms with Crippen LogP contribution in [0.4, 0.5) is 4.39 Å². The van der Waals surface area contributed by atoms with E-state index in [1.807, 2.05) is 6.07 Å². The Morgan fingerprint density at radius 3 is 2.71 bits per heavy atom. The molecule has 0 aliphatic heterocycles. The molecule has 1 aliphatic rings. The summed E-state index contributed by atoms with van der Waals surface area (Å²) in [5, 5.41) is 0. The third-order valence-corrected chi connectivity index (χ3v) is 5.08. The molecule has 0 spiro atoms. The molecular formula is C17H23FN2S. The lowest BCUT2D eigenvalue weighted by Gasteiger charge is -2.31. The van der Waals surface area contributed by atoms with Crippen LogP contribution in [0.2, 0.25) is 0 Å². The minimum Gasteiger partial charge on any atom is -0.328 e. The smallest absolute Gasteiger partial charge is 0.178 e.